The van der Waals surface area contributed by atoms with E-state index in [0.29, 0.717) is 12.5 Å². The summed E-state index contributed by atoms with van der Waals surface area (Å²) in [5.74, 6) is 0.120. The molecule has 0 bridgehead atoms. The van der Waals surface area contributed by atoms with Crippen LogP contribution in [0, 0.1) is 11.3 Å². The van der Waals surface area contributed by atoms with Gasteiger partial charge >= 0.3 is 12.0 Å². The Balaban J connectivity index is 2.25. The fourth-order valence-corrected chi connectivity index (χ4v) is 2.23. The Hall–Kier alpha value is -1.30. The predicted octanol–water partition coefficient (Wildman–Crippen LogP) is 1.30. The number of hydrogen-bond acceptors (Lipinski definition) is 4. The predicted molar refractivity (Wildman–Crippen MR) is 75.3 cm³/mol. The number of carbonyl (C=O) groups is 2. The summed E-state index contributed by atoms with van der Waals surface area (Å²) in [4.78, 5) is 23.2. The van der Waals surface area contributed by atoms with Crippen LogP contribution in [0.3, 0.4) is 0 Å². The highest BCUT2D eigenvalue weighted by molar-refractivity contribution is 5.78. The van der Waals surface area contributed by atoms with E-state index in [4.69, 9.17) is 4.74 Å². The van der Waals surface area contributed by atoms with Crippen molar-refractivity contribution in [3.05, 3.63) is 0 Å². The van der Waals surface area contributed by atoms with Gasteiger partial charge in [0.15, 0.2) is 0 Å². The van der Waals surface area contributed by atoms with E-state index in [2.05, 4.69) is 15.4 Å². The van der Waals surface area contributed by atoms with Crippen molar-refractivity contribution in [1.82, 2.24) is 10.6 Å². The molecule has 0 spiro atoms. The number of ether oxygens (including phenoxy) is 2. The smallest absolute Gasteiger partial charge is 0.314 e. The quantitative estimate of drug-likeness (QED) is 0.747. The lowest BCUT2D eigenvalue weighted by Gasteiger charge is -2.27. The van der Waals surface area contributed by atoms with Crippen LogP contribution in [0.1, 0.15) is 33.6 Å². The van der Waals surface area contributed by atoms with Crippen LogP contribution in [-0.4, -0.2) is 44.9 Å². The van der Waals surface area contributed by atoms with Gasteiger partial charge in [0.2, 0.25) is 0 Å². The van der Waals surface area contributed by atoms with Crippen LogP contribution < -0.4 is 10.6 Å². The van der Waals surface area contributed by atoms with Gasteiger partial charge in [0, 0.05) is 19.7 Å². The summed E-state index contributed by atoms with van der Waals surface area (Å²) in [6.45, 7) is 7.15. The largest absolute Gasteiger partial charge is 0.469 e. The minimum absolute atomic E-state index is 0.246. The molecule has 1 rings (SSSR count). The molecule has 0 saturated carbocycles. The van der Waals surface area contributed by atoms with Crippen molar-refractivity contribution in [1.29, 1.82) is 0 Å². The third kappa shape index (κ3) is 5.36. The molecule has 1 aliphatic heterocycles. The maximum Gasteiger partial charge on any atom is 0.314 e. The van der Waals surface area contributed by atoms with E-state index in [1.807, 2.05) is 6.92 Å². The maximum atomic E-state index is 11.7. The van der Waals surface area contributed by atoms with Gasteiger partial charge in [-0.1, -0.05) is 0 Å². The first-order valence-corrected chi connectivity index (χ1v) is 7.07. The summed E-state index contributed by atoms with van der Waals surface area (Å²) in [7, 11) is 1.34. The van der Waals surface area contributed by atoms with Gasteiger partial charge < -0.3 is 20.1 Å². The number of esters is 1. The summed E-state index contributed by atoms with van der Waals surface area (Å²) in [6, 6.07) is -0.249. The van der Waals surface area contributed by atoms with Crippen molar-refractivity contribution in [3.8, 4) is 0 Å². The molecule has 1 aliphatic rings. The molecule has 20 heavy (non-hydrogen) atoms. The Morgan fingerprint density at radius 3 is 2.65 bits per heavy atom. The second-order valence-corrected chi connectivity index (χ2v) is 6.01. The number of nitrogens with one attached hydrogen (secondary N) is 2. The normalized spacial score (nSPS) is 23.0. The van der Waals surface area contributed by atoms with E-state index in [9.17, 15) is 9.59 Å². The fraction of sp³-hybridized carbons (Fsp3) is 0.857. The average molecular weight is 286 g/mol. The van der Waals surface area contributed by atoms with Crippen molar-refractivity contribution in [3.63, 3.8) is 0 Å². The van der Waals surface area contributed by atoms with Crippen LogP contribution in [0.15, 0.2) is 0 Å². The lowest BCUT2D eigenvalue weighted by atomic mass is 9.94. The van der Waals surface area contributed by atoms with Crippen molar-refractivity contribution >= 4 is 12.0 Å². The van der Waals surface area contributed by atoms with Crippen LogP contribution in [0.5, 0.6) is 0 Å². The van der Waals surface area contributed by atoms with Gasteiger partial charge in [0.1, 0.15) is 0 Å². The molecule has 2 atom stereocenters. The Bertz CT molecular complexity index is 344. The van der Waals surface area contributed by atoms with Gasteiger partial charge in [-0.05, 0) is 39.5 Å². The fourth-order valence-electron chi connectivity index (χ4n) is 2.23. The first kappa shape index (κ1) is 16.8. The van der Waals surface area contributed by atoms with E-state index < -0.39 is 5.41 Å². The van der Waals surface area contributed by atoms with Gasteiger partial charge in [0.25, 0.3) is 0 Å². The molecule has 6 nitrogen and oxygen atoms in total. The Kier molecular flexibility index (Phi) is 6.26. The first-order chi connectivity index (χ1) is 9.35. The molecule has 0 aromatic carbocycles. The topological polar surface area (TPSA) is 76.7 Å². The van der Waals surface area contributed by atoms with Gasteiger partial charge in [0.05, 0.1) is 18.6 Å². The van der Waals surface area contributed by atoms with E-state index in [0.717, 1.165) is 19.4 Å². The van der Waals surface area contributed by atoms with E-state index in [-0.39, 0.29) is 24.6 Å². The van der Waals surface area contributed by atoms with Crippen LogP contribution in [0.4, 0.5) is 4.79 Å². The van der Waals surface area contributed by atoms with Crippen LogP contribution >= 0.6 is 0 Å². The molecule has 1 heterocycles. The molecular formula is C14H26N2O4. The van der Waals surface area contributed by atoms with E-state index >= 15 is 0 Å². The molecule has 2 amide bonds. The molecule has 0 aromatic rings. The maximum absolute atomic E-state index is 11.7. The Morgan fingerprint density at radius 2 is 2.05 bits per heavy atom. The molecule has 1 fully saturated rings. The van der Waals surface area contributed by atoms with Gasteiger partial charge in [-0.3, -0.25) is 4.79 Å². The number of urea groups is 1. The highest BCUT2D eigenvalue weighted by Crippen LogP contribution is 2.19. The summed E-state index contributed by atoms with van der Waals surface area (Å²) in [5.41, 5.74) is -0.723. The van der Waals surface area contributed by atoms with Crippen molar-refractivity contribution in [2.45, 2.75) is 39.7 Å². The van der Waals surface area contributed by atoms with Crippen LogP contribution in [-0.2, 0) is 14.3 Å². The number of rotatable bonds is 5. The van der Waals surface area contributed by atoms with Crippen molar-refractivity contribution in [2.75, 3.05) is 26.8 Å². The molecule has 116 valence electrons. The summed E-state index contributed by atoms with van der Waals surface area (Å²) in [6.07, 6.45) is 2.20. The standard InChI is InChI=1S/C14H26N2O4/c1-10-7-11(5-6-20-10)8-15-13(18)16-9-14(2,3)12(17)19-4/h10-11H,5-9H2,1-4H3,(H2,15,16,18). The molecule has 1 saturated heterocycles. The van der Waals surface area contributed by atoms with Gasteiger partial charge in [-0.15, -0.1) is 0 Å². The Labute approximate surface area is 120 Å². The van der Waals surface area contributed by atoms with Gasteiger partial charge in [-0.25, -0.2) is 4.79 Å². The SMILES string of the molecule is COC(=O)C(C)(C)CNC(=O)NCC1CCOC(C)C1. The first-order valence-electron chi connectivity index (χ1n) is 7.07. The zero-order chi connectivity index (χ0) is 15.2. The third-order valence-corrected chi connectivity index (χ3v) is 3.57. The number of carbonyl (C=O) groups excluding carboxylic acids is 2. The van der Waals surface area contributed by atoms with E-state index in [1.165, 1.54) is 7.11 Å². The average Bonchev–Trinajstić information content (AvgIpc) is 2.42. The summed E-state index contributed by atoms with van der Waals surface area (Å²) >= 11 is 0. The summed E-state index contributed by atoms with van der Waals surface area (Å²) in [5, 5.41) is 5.55. The molecule has 0 aromatic heterocycles. The van der Waals surface area contributed by atoms with Crippen LogP contribution in [0.25, 0.3) is 0 Å². The molecule has 6 heteroatoms. The lowest BCUT2D eigenvalue weighted by molar-refractivity contribution is -0.150. The minimum Gasteiger partial charge on any atom is -0.469 e. The monoisotopic (exact) mass is 286 g/mol. The third-order valence-electron chi connectivity index (χ3n) is 3.57. The van der Waals surface area contributed by atoms with Gasteiger partial charge in [-0.2, -0.15) is 0 Å². The summed E-state index contributed by atoms with van der Waals surface area (Å²) < 4.78 is 10.2. The van der Waals surface area contributed by atoms with Crippen molar-refractivity contribution < 1.29 is 19.1 Å². The highest BCUT2D eigenvalue weighted by Gasteiger charge is 2.29. The Morgan fingerprint density at radius 1 is 1.35 bits per heavy atom. The number of methoxy groups -OCH3 is 1. The van der Waals surface area contributed by atoms with E-state index in [1.54, 1.807) is 13.8 Å². The second kappa shape index (κ2) is 7.47. The van der Waals surface area contributed by atoms with Crippen molar-refractivity contribution in [2.24, 2.45) is 11.3 Å². The highest BCUT2D eigenvalue weighted by atomic mass is 16.5. The zero-order valence-electron chi connectivity index (χ0n) is 12.8. The zero-order valence-corrected chi connectivity index (χ0v) is 12.8. The second-order valence-electron chi connectivity index (χ2n) is 6.01. The number of amides is 2. The van der Waals surface area contributed by atoms with Crippen LogP contribution in [0.2, 0.25) is 0 Å². The molecule has 0 aliphatic carbocycles. The lowest BCUT2D eigenvalue weighted by Crippen LogP contribution is -2.45. The minimum atomic E-state index is -0.723. The number of hydrogen-bond donors (Lipinski definition) is 2. The molecular weight excluding hydrogens is 260 g/mol. The molecule has 0 radical (unpaired) electrons. The molecule has 2 unspecified atom stereocenters. The molecule has 2 N–H and O–H groups in total.